The van der Waals surface area contributed by atoms with Gasteiger partial charge in [0.25, 0.3) is 0 Å². The highest BCUT2D eigenvalue weighted by atomic mass is 127. The topological polar surface area (TPSA) is 67.8 Å². The number of methoxy groups -OCH3 is 1. The largest absolute Gasteiger partial charge is 0.493 e. The number of hydrogen-bond donors (Lipinski definition) is 2. The lowest BCUT2D eigenvalue weighted by molar-refractivity contribution is 0.310. The number of guanidine groups is 1. The molecule has 0 saturated heterocycles. The molecule has 8 heteroatoms. The predicted octanol–water partition coefficient (Wildman–Crippen LogP) is 4.42. The van der Waals surface area contributed by atoms with E-state index >= 15 is 0 Å². The Hall–Kier alpha value is -1.55. The van der Waals surface area contributed by atoms with Crippen molar-refractivity contribution in [3.8, 4) is 11.5 Å². The van der Waals surface area contributed by atoms with Crippen LogP contribution in [0.5, 0.6) is 11.5 Å². The van der Waals surface area contributed by atoms with E-state index in [0.29, 0.717) is 13.2 Å². The van der Waals surface area contributed by atoms with E-state index in [1.807, 2.05) is 13.0 Å². The summed E-state index contributed by atoms with van der Waals surface area (Å²) in [5, 5.41) is 9.94. The zero-order valence-electron chi connectivity index (χ0n) is 17.8. The average Bonchev–Trinajstić information content (AvgIpc) is 3.18. The summed E-state index contributed by atoms with van der Waals surface area (Å²) >= 11 is 1.70. The number of nitrogens with one attached hydrogen (secondary N) is 2. The predicted molar refractivity (Wildman–Crippen MR) is 132 cm³/mol. The van der Waals surface area contributed by atoms with Gasteiger partial charge in [-0.1, -0.05) is 13.0 Å². The summed E-state index contributed by atoms with van der Waals surface area (Å²) in [7, 11) is 1.66. The fourth-order valence-electron chi connectivity index (χ4n) is 2.73. The van der Waals surface area contributed by atoms with Crippen LogP contribution in [0.4, 0.5) is 0 Å². The molecule has 6 nitrogen and oxygen atoms in total. The van der Waals surface area contributed by atoms with E-state index in [2.05, 4.69) is 52.0 Å². The highest BCUT2D eigenvalue weighted by Crippen LogP contribution is 2.28. The van der Waals surface area contributed by atoms with Gasteiger partial charge in [-0.2, -0.15) is 0 Å². The summed E-state index contributed by atoms with van der Waals surface area (Å²) in [6.45, 7) is 9.08. The van der Waals surface area contributed by atoms with Crippen LogP contribution in [-0.2, 0) is 19.4 Å². The lowest BCUT2D eigenvalue weighted by Crippen LogP contribution is -2.37. The van der Waals surface area contributed by atoms with Crippen molar-refractivity contribution in [3.05, 3.63) is 39.8 Å². The molecule has 1 aromatic heterocycles. The van der Waals surface area contributed by atoms with E-state index in [0.717, 1.165) is 60.5 Å². The SMILES string of the molecule is CCNC(=NCc1csc(CC)n1)NCCCc1ccc(OC)c(OCC)c1.I. The van der Waals surface area contributed by atoms with Crippen LogP contribution in [0.2, 0.25) is 0 Å². The maximum atomic E-state index is 5.65. The number of aromatic nitrogens is 1. The van der Waals surface area contributed by atoms with Crippen LogP contribution >= 0.6 is 35.3 Å². The molecule has 0 radical (unpaired) electrons. The maximum absolute atomic E-state index is 5.65. The van der Waals surface area contributed by atoms with E-state index in [-0.39, 0.29) is 24.0 Å². The quantitative estimate of drug-likeness (QED) is 0.194. The van der Waals surface area contributed by atoms with Gasteiger partial charge in [-0.25, -0.2) is 9.98 Å². The van der Waals surface area contributed by atoms with Crippen LogP contribution < -0.4 is 20.1 Å². The van der Waals surface area contributed by atoms with Crippen molar-refractivity contribution in [2.45, 2.75) is 46.6 Å². The second-order valence-electron chi connectivity index (χ2n) is 6.23. The molecule has 0 aliphatic carbocycles. The standard InChI is InChI=1S/C21H32N4O2S.HI/c1-5-20-25-17(15-28-20)14-24-21(22-6-2)23-12-8-9-16-10-11-18(26-4)19(13-16)27-7-3;/h10-11,13,15H,5-9,12,14H2,1-4H3,(H2,22,23,24);1H. The van der Waals surface area contributed by atoms with Crippen LogP contribution in [0.25, 0.3) is 0 Å². The molecular formula is C21H33IN4O2S. The minimum atomic E-state index is 0. The van der Waals surface area contributed by atoms with E-state index in [1.54, 1.807) is 18.4 Å². The average molecular weight is 532 g/mol. The van der Waals surface area contributed by atoms with Crippen molar-refractivity contribution in [2.24, 2.45) is 4.99 Å². The molecule has 2 rings (SSSR count). The molecule has 0 aliphatic heterocycles. The third-order valence-electron chi connectivity index (χ3n) is 4.11. The minimum Gasteiger partial charge on any atom is -0.493 e. The Morgan fingerprint density at radius 2 is 2.00 bits per heavy atom. The third kappa shape index (κ3) is 8.77. The molecule has 1 heterocycles. The molecule has 0 amide bonds. The zero-order valence-corrected chi connectivity index (χ0v) is 20.9. The molecule has 0 unspecified atom stereocenters. The van der Waals surface area contributed by atoms with Crippen LogP contribution in [0.15, 0.2) is 28.6 Å². The number of aliphatic imine (C=N–C) groups is 1. The number of hydrogen-bond acceptors (Lipinski definition) is 5. The summed E-state index contributed by atoms with van der Waals surface area (Å²) in [6, 6.07) is 6.13. The highest BCUT2D eigenvalue weighted by molar-refractivity contribution is 14.0. The summed E-state index contributed by atoms with van der Waals surface area (Å²) < 4.78 is 11.0. The smallest absolute Gasteiger partial charge is 0.191 e. The normalized spacial score (nSPS) is 11.0. The van der Waals surface area contributed by atoms with Gasteiger partial charge in [-0.15, -0.1) is 35.3 Å². The number of nitrogens with zero attached hydrogens (tertiary/aromatic N) is 2. The van der Waals surface area contributed by atoms with Gasteiger partial charge in [0, 0.05) is 18.5 Å². The number of thiazole rings is 1. The second kappa shape index (κ2) is 14.4. The van der Waals surface area contributed by atoms with Crippen LogP contribution in [0.3, 0.4) is 0 Å². The van der Waals surface area contributed by atoms with Gasteiger partial charge < -0.3 is 20.1 Å². The molecule has 2 aromatic rings. The first kappa shape index (κ1) is 25.5. The van der Waals surface area contributed by atoms with Crippen LogP contribution in [0.1, 0.15) is 43.5 Å². The fraction of sp³-hybridized carbons (Fsp3) is 0.524. The fourth-order valence-corrected chi connectivity index (χ4v) is 3.47. The van der Waals surface area contributed by atoms with Gasteiger partial charge in [-0.05, 0) is 50.8 Å². The van der Waals surface area contributed by atoms with E-state index in [4.69, 9.17) is 9.47 Å². The zero-order chi connectivity index (χ0) is 20.2. The molecule has 0 saturated carbocycles. The molecular weight excluding hydrogens is 499 g/mol. The Morgan fingerprint density at radius 1 is 1.17 bits per heavy atom. The molecule has 0 bridgehead atoms. The van der Waals surface area contributed by atoms with Gasteiger partial charge in [0.2, 0.25) is 0 Å². The van der Waals surface area contributed by atoms with Crippen molar-refractivity contribution in [3.63, 3.8) is 0 Å². The first-order chi connectivity index (χ1) is 13.7. The molecule has 162 valence electrons. The Kier molecular flexibility index (Phi) is 12.7. The third-order valence-corrected chi connectivity index (χ3v) is 5.15. The van der Waals surface area contributed by atoms with E-state index in [1.165, 1.54) is 5.56 Å². The summed E-state index contributed by atoms with van der Waals surface area (Å²) in [5.41, 5.74) is 2.27. The molecule has 1 aromatic carbocycles. The first-order valence-electron chi connectivity index (χ1n) is 9.95. The monoisotopic (exact) mass is 532 g/mol. The second-order valence-corrected chi connectivity index (χ2v) is 7.17. The Bertz CT molecular complexity index is 752. The van der Waals surface area contributed by atoms with Gasteiger partial charge in [0.05, 0.1) is 31.0 Å². The lowest BCUT2D eigenvalue weighted by Gasteiger charge is -2.12. The molecule has 0 aliphatic rings. The summed E-state index contributed by atoms with van der Waals surface area (Å²) in [5.74, 6) is 2.41. The molecule has 0 atom stereocenters. The van der Waals surface area contributed by atoms with Crippen LogP contribution in [-0.4, -0.2) is 37.7 Å². The number of benzene rings is 1. The molecule has 0 fully saturated rings. The minimum absolute atomic E-state index is 0. The highest BCUT2D eigenvalue weighted by Gasteiger charge is 2.06. The molecule has 29 heavy (non-hydrogen) atoms. The molecule has 0 spiro atoms. The Morgan fingerprint density at radius 3 is 2.66 bits per heavy atom. The Labute approximate surface area is 195 Å². The van der Waals surface area contributed by atoms with Gasteiger partial charge in [0.1, 0.15) is 0 Å². The van der Waals surface area contributed by atoms with Gasteiger partial charge >= 0.3 is 0 Å². The van der Waals surface area contributed by atoms with Crippen molar-refractivity contribution < 1.29 is 9.47 Å². The van der Waals surface area contributed by atoms with Crippen molar-refractivity contribution in [1.82, 2.24) is 15.6 Å². The summed E-state index contributed by atoms with van der Waals surface area (Å²) in [6.07, 6.45) is 2.94. The Balaban J connectivity index is 0.00000420. The lowest BCUT2D eigenvalue weighted by atomic mass is 10.1. The number of aryl methyl sites for hydroxylation is 2. The maximum Gasteiger partial charge on any atom is 0.191 e. The molecule has 2 N–H and O–H groups in total. The van der Waals surface area contributed by atoms with Gasteiger partial charge in [0.15, 0.2) is 17.5 Å². The van der Waals surface area contributed by atoms with Gasteiger partial charge in [-0.3, -0.25) is 0 Å². The number of rotatable bonds is 11. The summed E-state index contributed by atoms with van der Waals surface area (Å²) in [4.78, 5) is 9.21. The number of halogens is 1. The van der Waals surface area contributed by atoms with E-state index in [9.17, 15) is 0 Å². The van der Waals surface area contributed by atoms with E-state index < -0.39 is 0 Å². The van der Waals surface area contributed by atoms with Crippen LogP contribution in [0, 0.1) is 0 Å². The van der Waals surface area contributed by atoms with Crippen molar-refractivity contribution in [1.29, 1.82) is 0 Å². The van der Waals surface area contributed by atoms with Crippen molar-refractivity contribution >= 4 is 41.3 Å². The van der Waals surface area contributed by atoms with Crippen molar-refractivity contribution in [2.75, 3.05) is 26.8 Å². The number of ether oxygens (including phenoxy) is 2. The first-order valence-corrected chi connectivity index (χ1v) is 10.8.